The van der Waals surface area contributed by atoms with Crippen molar-refractivity contribution in [3.8, 4) is 11.5 Å². The lowest BCUT2D eigenvalue weighted by molar-refractivity contribution is -0.128. The number of anilines is 1. The summed E-state index contributed by atoms with van der Waals surface area (Å²) < 4.78 is 17.3. The van der Waals surface area contributed by atoms with Gasteiger partial charge < -0.3 is 24.0 Å². The van der Waals surface area contributed by atoms with E-state index < -0.39 is 0 Å². The summed E-state index contributed by atoms with van der Waals surface area (Å²) in [5.41, 5.74) is 2.41. The Morgan fingerprint density at radius 3 is 2.38 bits per heavy atom. The van der Waals surface area contributed by atoms with Crippen molar-refractivity contribution in [2.45, 2.75) is 51.4 Å². The Morgan fingerprint density at radius 1 is 0.974 bits per heavy atom. The first-order valence-electron chi connectivity index (χ1n) is 13.8. The molecule has 0 N–H and O–H groups in total. The summed E-state index contributed by atoms with van der Waals surface area (Å²) >= 11 is 0. The molecule has 3 aliphatic heterocycles. The minimum absolute atomic E-state index is 0.0193. The molecule has 4 aliphatic rings. The van der Waals surface area contributed by atoms with Crippen molar-refractivity contribution in [1.29, 1.82) is 0 Å². The number of likely N-dealkylation sites (tertiary alicyclic amines) is 2. The number of fused-ring (bicyclic) bond motifs is 2. The maximum absolute atomic E-state index is 13.5. The molecule has 3 amide bonds. The minimum atomic E-state index is -0.321. The first kappa shape index (κ1) is 25.5. The molecule has 1 aliphatic carbocycles. The number of rotatable bonds is 5. The predicted octanol–water partition coefficient (Wildman–Crippen LogP) is 4.09. The maximum Gasteiger partial charge on any atom is 0.414 e. The molecule has 6 rings (SSSR count). The van der Waals surface area contributed by atoms with Crippen molar-refractivity contribution in [1.82, 2.24) is 9.80 Å². The molecule has 9 heteroatoms. The summed E-state index contributed by atoms with van der Waals surface area (Å²) in [5.74, 6) is 2.23. The van der Waals surface area contributed by atoms with Crippen molar-refractivity contribution >= 4 is 23.6 Å². The molecule has 39 heavy (non-hydrogen) atoms. The van der Waals surface area contributed by atoms with E-state index in [0.29, 0.717) is 61.4 Å². The molecule has 3 atom stereocenters. The van der Waals surface area contributed by atoms with Crippen LogP contribution in [0.25, 0.3) is 0 Å². The van der Waals surface area contributed by atoms with Crippen molar-refractivity contribution < 1.29 is 28.6 Å². The highest BCUT2D eigenvalue weighted by molar-refractivity contribution is 5.97. The van der Waals surface area contributed by atoms with E-state index in [1.807, 2.05) is 40.1 Å². The van der Waals surface area contributed by atoms with Crippen LogP contribution >= 0.6 is 0 Å². The number of hydrogen-bond donors (Lipinski definition) is 0. The monoisotopic (exact) mass is 533 g/mol. The summed E-state index contributed by atoms with van der Waals surface area (Å²) in [6.07, 6.45) is 2.99. The third-order valence-electron chi connectivity index (χ3n) is 8.78. The van der Waals surface area contributed by atoms with Crippen LogP contribution in [0.4, 0.5) is 10.5 Å². The van der Waals surface area contributed by atoms with Crippen molar-refractivity contribution in [3.63, 3.8) is 0 Å². The van der Waals surface area contributed by atoms with Crippen molar-refractivity contribution in [3.05, 3.63) is 53.6 Å². The zero-order valence-electron chi connectivity index (χ0n) is 22.5. The molecule has 2 aromatic carbocycles. The van der Waals surface area contributed by atoms with Crippen LogP contribution in [-0.2, 0) is 16.1 Å². The standard InChI is InChI=1S/C30H35N3O6/c1-19(34)32-16-21-13-25(14-22(21)17-32)39-24-7-8-26(28(15-24)37-2)29(35)31-11-9-23(10-12-31)33-27-6-4-3-5-20(27)18-38-30(33)36/h3-8,15,21-23,25H,9-14,16-18H2,1-2H3/t21-,22+,25?. The molecule has 2 aromatic rings. The number of carbonyl (C=O) groups is 3. The van der Waals surface area contributed by atoms with Gasteiger partial charge in [-0.3, -0.25) is 14.5 Å². The summed E-state index contributed by atoms with van der Waals surface area (Å²) in [6, 6.07) is 13.2. The minimum Gasteiger partial charge on any atom is -0.496 e. The van der Waals surface area contributed by atoms with Gasteiger partial charge in [0.1, 0.15) is 18.1 Å². The first-order chi connectivity index (χ1) is 18.9. The highest BCUT2D eigenvalue weighted by Gasteiger charge is 2.42. The van der Waals surface area contributed by atoms with Gasteiger partial charge in [-0.25, -0.2) is 4.79 Å². The second-order valence-electron chi connectivity index (χ2n) is 11.1. The molecule has 0 bridgehead atoms. The van der Waals surface area contributed by atoms with Crippen LogP contribution < -0.4 is 14.4 Å². The molecule has 1 saturated carbocycles. The highest BCUT2D eigenvalue weighted by Crippen LogP contribution is 2.40. The van der Waals surface area contributed by atoms with Gasteiger partial charge in [-0.2, -0.15) is 0 Å². The summed E-state index contributed by atoms with van der Waals surface area (Å²) in [6.45, 7) is 4.65. The number of ether oxygens (including phenoxy) is 3. The van der Waals surface area contributed by atoms with Gasteiger partial charge in [-0.05, 0) is 55.7 Å². The number of amides is 3. The van der Waals surface area contributed by atoms with Gasteiger partial charge in [0.25, 0.3) is 5.91 Å². The number of nitrogens with zero attached hydrogens (tertiary/aromatic N) is 3. The Hall–Kier alpha value is -3.75. The van der Waals surface area contributed by atoms with Gasteiger partial charge in [0.05, 0.1) is 24.5 Å². The molecule has 3 fully saturated rings. The number of hydrogen-bond acceptors (Lipinski definition) is 6. The lowest BCUT2D eigenvalue weighted by Crippen LogP contribution is -2.50. The molecular formula is C30H35N3O6. The van der Waals surface area contributed by atoms with Crippen LogP contribution in [0.3, 0.4) is 0 Å². The average molecular weight is 534 g/mol. The molecule has 1 unspecified atom stereocenters. The fraction of sp³-hybridized carbons (Fsp3) is 0.500. The summed E-state index contributed by atoms with van der Waals surface area (Å²) in [7, 11) is 1.57. The van der Waals surface area contributed by atoms with Crippen LogP contribution in [0.15, 0.2) is 42.5 Å². The molecule has 9 nitrogen and oxygen atoms in total. The van der Waals surface area contributed by atoms with Gasteiger partial charge in [0, 0.05) is 50.8 Å². The summed E-state index contributed by atoms with van der Waals surface area (Å²) in [4.78, 5) is 43.3. The maximum atomic E-state index is 13.5. The molecule has 0 spiro atoms. The summed E-state index contributed by atoms with van der Waals surface area (Å²) in [5, 5.41) is 0. The Kier molecular flexibility index (Phi) is 6.83. The predicted molar refractivity (Wildman–Crippen MR) is 144 cm³/mol. The van der Waals surface area contributed by atoms with E-state index in [-0.39, 0.29) is 30.1 Å². The van der Waals surface area contributed by atoms with E-state index in [2.05, 4.69) is 0 Å². The number of carbonyl (C=O) groups excluding carboxylic acids is 3. The van der Waals surface area contributed by atoms with Gasteiger partial charge in [-0.1, -0.05) is 18.2 Å². The number of benzene rings is 2. The fourth-order valence-electron chi connectivity index (χ4n) is 6.73. The molecule has 206 valence electrons. The highest BCUT2D eigenvalue weighted by atomic mass is 16.6. The normalized spacial score (nSPS) is 24.7. The van der Waals surface area contributed by atoms with Crippen LogP contribution in [0.2, 0.25) is 0 Å². The van der Waals surface area contributed by atoms with E-state index in [4.69, 9.17) is 14.2 Å². The number of para-hydroxylation sites is 1. The van der Waals surface area contributed by atoms with Crippen LogP contribution in [0, 0.1) is 11.8 Å². The van der Waals surface area contributed by atoms with E-state index >= 15 is 0 Å². The van der Waals surface area contributed by atoms with Crippen molar-refractivity contribution in [2.75, 3.05) is 38.2 Å². The number of piperidine rings is 1. The molecule has 0 aromatic heterocycles. The second-order valence-corrected chi connectivity index (χ2v) is 11.1. The zero-order valence-corrected chi connectivity index (χ0v) is 22.5. The average Bonchev–Trinajstić information content (AvgIpc) is 3.52. The van der Waals surface area contributed by atoms with Gasteiger partial charge in [-0.15, -0.1) is 0 Å². The van der Waals surface area contributed by atoms with Crippen LogP contribution in [0.5, 0.6) is 11.5 Å². The Morgan fingerprint density at radius 2 is 1.69 bits per heavy atom. The Labute approximate surface area is 228 Å². The first-order valence-corrected chi connectivity index (χ1v) is 13.8. The third-order valence-corrected chi connectivity index (χ3v) is 8.78. The van der Waals surface area contributed by atoms with Crippen LogP contribution in [0.1, 0.15) is 48.5 Å². The Bertz CT molecular complexity index is 1260. The lowest BCUT2D eigenvalue weighted by atomic mass is 10.00. The SMILES string of the molecule is COc1cc(OC2C[C@@H]3CN(C(C)=O)C[C@@H]3C2)ccc1C(=O)N1CCC(N2C(=O)OCc3ccccc32)CC1. The fourth-order valence-corrected chi connectivity index (χ4v) is 6.73. The lowest BCUT2D eigenvalue weighted by Gasteiger charge is -2.40. The van der Waals surface area contributed by atoms with Gasteiger partial charge in [0.15, 0.2) is 0 Å². The molecule has 3 heterocycles. The van der Waals surface area contributed by atoms with Gasteiger partial charge >= 0.3 is 6.09 Å². The topological polar surface area (TPSA) is 88.6 Å². The van der Waals surface area contributed by atoms with Gasteiger partial charge in [0.2, 0.25) is 5.91 Å². The third kappa shape index (κ3) is 4.90. The number of cyclic esters (lactones) is 1. The van der Waals surface area contributed by atoms with E-state index in [1.165, 1.54) is 0 Å². The molecule has 0 radical (unpaired) electrons. The smallest absolute Gasteiger partial charge is 0.414 e. The Balaban J connectivity index is 1.08. The van der Waals surface area contributed by atoms with E-state index in [9.17, 15) is 14.4 Å². The van der Waals surface area contributed by atoms with Crippen molar-refractivity contribution in [2.24, 2.45) is 11.8 Å². The largest absolute Gasteiger partial charge is 0.496 e. The quantitative estimate of drug-likeness (QED) is 0.575. The van der Waals surface area contributed by atoms with Crippen LogP contribution in [-0.4, -0.2) is 73.1 Å². The molecule has 2 saturated heterocycles. The molecular weight excluding hydrogens is 498 g/mol. The number of methoxy groups -OCH3 is 1. The van der Waals surface area contributed by atoms with E-state index in [1.54, 1.807) is 31.1 Å². The second kappa shape index (κ2) is 10.4. The zero-order chi connectivity index (χ0) is 27.1. The van der Waals surface area contributed by atoms with E-state index in [0.717, 1.165) is 37.2 Å².